The van der Waals surface area contributed by atoms with Crippen LogP contribution in [-0.2, 0) is 20.9 Å². The molecule has 2 aromatic heterocycles. The van der Waals surface area contributed by atoms with E-state index >= 15 is 0 Å². The van der Waals surface area contributed by atoms with Crippen LogP contribution in [0.2, 0.25) is 0 Å². The average Bonchev–Trinajstić information content (AvgIpc) is 3.43. The Morgan fingerprint density at radius 1 is 1.18 bits per heavy atom. The van der Waals surface area contributed by atoms with Gasteiger partial charge in [-0.15, -0.1) is 0 Å². The van der Waals surface area contributed by atoms with Gasteiger partial charge in [-0.3, -0.25) is 10.2 Å². The number of hydroxylamine groups is 2. The summed E-state index contributed by atoms with van der Waals surface area (Å²) in [6.07, 6.45) is 3.42. The van der Waals surface area contributed by atoms with Crippen molar-refractivity contribution in [3.8, 4) is 16.9 Å². The number of anilines is 1. The van der Waals surface area contributed by atoms with Crippen LogP contribution in [0.4, 0.5) is 10.6 Å². The Balaban J connectivity index is 1.55. The monoisotopic (exact) mass is 467 g/mol. The minimum Gasteiger partial charge on any atom is -0.383 e. The van der Waals surface area contributed by atoms with Crippen molar-refractivity contribution in [3.05, 3.63) is 54.1 Å². The van der Waals surface area contributed by atoms with E-state index in [1.165, 1.54) is 0 Å². The van der Waals surface area contributed by atoms with E-state index < -0.39 is 0 Å². The van der Waals surface area contributed by atoms with Gasteiger partial charge in [0.15, 0.2) is 5.82 Å². The molecule has 2 N–H and O–H groups in total. The third-order valence-electron chi connectivity index (χ3n) is 5.37. The van der Waals surface area contributed by atoms with Gasteiger partial charge in [0.2, 0.25) is 0 Å². The van der Waals surface area contributed by atoms with E-state index in [2.05, 4.69) is 20.6 Å². The van der Waals surface area contributed by atoms with Gasteiger partial charge in [0, 0.05) is 50.8 Å². The topological polar surface area (TPSA) is 116 Å². The highest BCUT2D eigenvalue weighted by molar-refractivity contribution is 5.91. The second kappa shape index (κ2) is 11.2. The summed E-state index contributed by atoms with van der Waals surface area (Å²) in [6, 6.07) is 9.16. The molecule has 0 aliphatic carbocycles. The number of urea groups is 1. The van der Waals surface area contributed by atoms with Crippen LogP contribution >= 0.6 is 0 Å². The molecule has 1 aliphatic heterocycles. The SMILES string of the molecule is COCCN1CC(NC(=O)Nc2c(C)c(-c3cnc(COC)nc3)nn2-c2ccccc2)CO1. The number of amides is 2. The van der Waals surface area contributed by atoms with Crippen LogP contribution in [0.3, 0.4) is 0 Å². The normalized spacial score (nSPS) is 16.0. The predicted molar refractivity (Wildman–Crippen MR) is 125 cm³/mol. The van der Waals surface area contributed by atoms with Crippen LogP contribution in [-0.4, -0.2) is 77.4 Å². The molecule has 11 nitrogen and oxygen atoms in total. The lowest BCUT2D eigenvalue weighted by molar-refractivity contribution is -0.118. The Morgan fingerprint density at radius 2 is 1.94 bits per heavy atom. The molecule has 2 amide bonds. The number of rotatable bonds is 9. The molecule has 4 rings (SSSR count). The van der Waals surface area contributed by atoms with Gasteiger partial charge in [-0.05, 0) is 19.1 Å². The van der Waals surface area contributed by atoms with E-state index in [0.717, 1.165) is 16.8 Å². The molecule has 0 spiro atoms. The maximum Gasteiger partial charge on any atom is 0.320 e. The zero-order valence-corrected chi connectivity index (χ0v) is 19.5. The highest BCUT2D eigenvalue weighted by Gasteiger charge is 2.26. The van der Waals surface area contributed by atoms with Gasteiger partial charge in [0.1, 0.15) is 18.1 Å². The number of para-hydroxylation sites is 1. The molecular weight excluding hydrogens is 438 g/mol. The minimum atomic E-state index is -0.333. The van der Waals surface area contributed by atoms with Crippen LogP contribution in [0.1, 0.15) is 11.4 Å². The van der Waals surface area contributed by atoms with Crippen LogP contribution in [0.5, 0.6) is 0 Å². The van der Waals surface area contributed by atoms with Crippen LogP contribution in [0, 0.1) is 6.92 Å². The molecule has 180 valence electrons. The largest absolute Gasteiger partial charge is 0.383 e. The van der Waals surface area contributed by atoms with Crippen molar-refractivity contribution in [1.29, 1.82) is 0 Å². The van der Waals surface area contributed by atoms with Crippen molar-refractivity contribution in [3.63, 3.8) is 0 Å². The van der Waals surface area contributed by atoms with Crippen molar-refractivity contribution >= 4 is 11.8 Å². The maximum atomic E-state index is 12.9. The molecule has 11 heteroatoms. The number of nitrogens with zero attached hydrogens (tertiary/aromatic N) is 5. The fourth-order valence-electron chi connectivity index (χ4n) is 3.67. The van der Waals surface area contributed by atoms with Gasteiger partial charge in [-0.2, -0.15) is 10.2 Å². The average molecular weight is 468 g/mol. The first-order valence-electron chi connectivity index (χ1n) is 11.0. The summed E-state index contributed by atoms with van der Waals surface area (Å²) >= 11 is 0. The maximum absolute atomic E-state index is 12.9. The molecule has 1 aromatic carbocycles. The number of aromatic nitrogens is 4. The molecule has 0 saturated carbocycles. The van der Waals surface area contributed by atoms with E-state index in [4.69, 9.17) is 19.4 Å². The smallest absolute Gasteiger partial charge is 0.320 e. The molecule has 1 fully saturated rings. The van der Waals surface area contributed by atoms with Crippen molar-refractivity contribution in [2.45, 2.75) is 19.6 Å². The van der Waals surface area contributed by atoms with E-state index in [1.807, 2.05) is 37.3 Å². The summed E-state index contributed by atoms with van der Waals surface area (Å²) < 4.78 is 11.9. The summed E-state index contributed by atoms with van der Waals surface area (Å²) in [6.45, 7) is 4.44. The number of carbonyl (C=O) groups excluding carboxylic acids is 1. The first kappa shape index (κ1) is 23.8. The number of carbonyl (C=O) groups is 1. The van der Waals surface area contributed by atoms with Crippen molar-refractivity contribution < 1.29 is 19.1 Å². The third-order valence-corrected chi connectivity index (χ3v) is 5.37. The standard InChI is InChI=1S/C23H29N7O4/c1-16-21(17-11-24-20(15-33-3)25-12-17)28-30(19-7-5-4-6-8-19)22(16)27-23(31)26-18-13-29(34-14-18)9-10-32-2/h4-8,11-12,18H,9-10,13-15H2,1-3H3,(H2,26,27,31). The fraction of sp³-hybridized carbons (Fsp3) is 0.391. The van der Waals surface area contributed by atoms with Gasteiger partial charge < -0.3 is 14.8 Å². The Labute approximate surface area is 198 Å². The Morgan fingerprint density at radius 3 is 2.65 bits per heavy atom. The van der Waals surface area contributed by atoms with Gasteiger partial charge in [-0.25, -0.2) is 19.4 Å². The van der Waals surface area contributed by atoms with Crippen molar-refractivity contribution in [2.75, 3.05) is 45.8 Å². The first-order valence-corrected chi connectivity index (χ1v) is 11.0. The van der Waals surface area contributed by atoms with Gasteiger partial charge >= 0.3 is 6.03 Å². The zero-order chi connectivity index (χ0) is 23.9. The number of hydrogen-bond donors (Lipinski definition) is 2. The lowest BCUT2D eigenvalue weighted by Crippen LogP contribution is -2.41. The molecular formula is C23H29N7O4. The van der Waals surface area contributed by atoms with Crippen molar-refractivity contribution in [2.24, 2.45) is 0 Å². The number of ether oxygens (including phenoxy) is 2. The fourth-order valence-corrected chi connectivity index (χ4v) is 3.67. The summed E-state index contributed by atoms with van der Waals surface area (Å²) in [4.78, 5) is 27.2. The molecule has 1 saturated heterocycles. The molecule has 34 heavy (non-hydrogen) atoms. The number of methoxy groups -OCH3 is 2. The molecule has 1 aliphatic rings. The summed E-state index contributed by atoms with van der Waals surface area (Å²) in [5.41, 5.74) is 3.04. The zero-order valence-electron chi connectivity index (χ0n) is 19.5. The molecule has 1 atom stereocenters. The Hall–Kier alpha value is -3.38. The van der Waals surface area contributed by atoms with E-state index in [0.29, 0.717) is 50.2 Å². The van der Waals surface area contributed by atoms with Crippen LogP contribution in [0.25, 0.3) is 16.9 Å². The number of benzene rings is 1. The highest BCUT2D eigenvalue weighted by Crippen LogP contribution is 2.30. The molecule has 3 aromatic rings. The summed E-state index contributed by atoms with van der Waals surface area (Å²) in [5.74, 6) is 1.15. The first-order chi connectivity index (χ1) is 16.6. The van der Waals surface area contributed by atoms with E-state index in [-0.39, 0.29) is 12.1 Å². The predicted octanol–water partition coefficient (Wildman–Crippen LogP) is 2.17. The molecule has 3 heterocycles. The van der Waals surface area contributed by atoms with E-state index in [9.17, 15) is 4.79 Å². The van der Waals surface area contributed by atoms with Crippen LogP contribution in [0.15, 0.2) is 42.7 Å². The molecule has 0 radical (unpaired) electrons. The summed E-state index contributed by atoms with van der Waals surface area (Å²) in [7, 11) is 3.24. The van der Waals surface area contributed by atoms with E-state index in [1.54, 1.807) is 36.4 Å². The molecule has 0 bridgehead atoms. The minimum absolute atomic E-state index is 0.133. The second-order valence-electron chi connectivity index (χ2n) is 7.86. The van der Waals surface area contributed by atoms with Gasteiger partial charge in [0.05, 0.1) is 24.9 Å². The van der Waals surface area contributed by atoms with Gasteiger partial charge in [-0.1, -0.05) is 18.2 Å². The number of hydrogen-bond acceptors (Lipinski definition) is 8. The molecule has 1 unspecified atom stereocenters. The van der Waals surface area contributed by atoms with Gasteiger partial charge in [0.25, 0.3) is 0 Å². The lowest BCUT2D eigenvalue weighted by atomic mass is 10.1. The van der Waals surface area contributed by atoms with Crippen molar-refractivity contribution in [1.82, 2.24) is 30.1 Å². The number of nitrogens with one attached hydrogen (secondary N) is 2. The Bertz CT molecular complexity index is 1090. The van der Waals surface area contributed by atoms with Crippen LogP contribution < -0.4 is 10.6 Å². The second-order valence-corrected chi connectivity index (χ2v) is 7.86. The quantitative estimate of drug-likeness (QED) is 0.492. The Kier molecular flexibility index (Phi) is 7.80. The highest BCUT2D eigenvalue weighted by atomic mass is 16.7. The third kappa shape index (κ3) is 5.57. The summed E-state index contributed by atoms with van der Waals surface area (Å²) in [5, 5.41) is 12.5. The lowest BCUT2D eigenvalue weighted by Gasteiger charge is -2.15.